The van der Waals surface area contributed by atoms with Gasteiger partial charge >= 0.3 is 0 Å². The second-order valence-electron chi connectivity index (χ2n) is 3.69. The number of phenolic OH excluding ortho intramolecular Hbond substituents is 1. The Bertz CT molecular complexity index is 340. The van der Waals surface area contributed by atoms with Crippen LogP contribution in [-0.2, 0) is 11.4 Å². The van der Waals surface area contributed by atoms with Crippen LogP contribution in [-0.4, -0.2) is 12.2 Å². The predicted octanol–water partition coefficient (Wildman–Crippen LogP) is 2.82. The fourth-order valence-corrected chi connectivity index (χ4v) is 1.54. The van der Waals surface area contributed by atoms with Crippen LogP contribution in [0.1, 0.15) is 30.9 Å². The summed E-state index contributed by atoms with van der Waals surface area (Å²) in [4.78, 5) is 4.74. The van der Waals surface area contributed by atoms with Gasteiger partial charge < -0.3 is 9.94 Å². The van der Waals surface area contributed by atoms with E-state index in [1.165, 1.54) is 7.11 Å². The zero-order valence-electron chi connectivity index (χ0n) is 9.17. The van der Waals surface area contributed by atoms with Gasteiger partial charge in [0, 0.05) is 12.1 Å². The van der Waals surface area contributed by atoms with E-state index in [9.17, 15) is 5.11 Å². The van der Waals surface area contributed by atoms with Crippen molar-refractivity contribution in [3.63, 3.8) is 0 Å². The third-order valence-corrected chi connectivity index (χ3v) is 2.53. The van der Waals surface area contributed by atoms with E-state index >= 15 is 0 Å². The van der Waals surface area contributed by atoms with Gasteiger partial charge in [-0.1, -0.05) is 31.5 Å². The number of nitrogens with one attached hydrogen (secondary N) is 1. The van der Waals surface area contributed by atoms with E-state index < -0.39 is 0 Å². The number of aromatic hydroxyl groups is 1. The normalized spacial score (nSPS) is 11.0. The molecule has 15 heavy (non-hydrogen) atoms. The predicted molar refractivity (Wildman–Crippen MR) is 61.1 cm³/mol. The average Bonchev–Trinajstić information content (AvgIpc) is 2.19. The molecule has 84 valence electrons. The van der Waals surface area contributed by atoms with Crippen LogP contribution in [0.25, 0.3) is 0 Å². The van der Waals surface area contributed by atoms with Crippen LogP contribution in [0, 0.1) is 0 Å². The standard InChI is InChI=1S/C11H16ClNO2/c1-7(2)8-4-9(6-13-15-3)11(14)10(12)5-8/h4-5,7,13-14H,6H2,1-3H3. The van der Waals surface area contributed by atoms with E-state index in [1.54, 1.807) is 6.07 Å². The van der Waals surface area contributed by atoms with Crippen molar-refractivity contribution in [1.29, 1.82) is 0 Å². The van der Waals surface area contributed by atoms with E-state index in [1.807, 2.05) is 6.07 Å². The Labute approximate surface area is 95.0 Å². The summed E-state index contributed by atoms with van der Waals surface area (Å²) >= 11 is 5.92. The highest BCUT2D eigenvalue weighted by Gasteiger charge is 2.10. The molecule has 0 aliphatic heterocycles. The molecule has 1 rings (SSSR count). The van der Waals surface area contributed by atoms with Crippen LogP contribution in [0.15, 0.2) is 12.1 Å². The van der Waals surface area contributed by atoms with E-state index in [2.05, 4.69) is 19.3 Å². The molecular formula is C11H16ClNO2. The van der Waals surface area contributed by atoms with Gasteiger partial charge in [0.15, 0.2) is 0 Å². The van der Waals surface area contributed by atoms with Crippen molar-refractivity contribution in [2.75, 3.05) is 7.11 Å². The first-order valence-corrected chi connectivity index (χ1v) is 5.21. The second kappa shape index (κ2) is 5.35. The van der Waals surface area contributed by atoms with E-state index in [0.29, 0.717) is 17.5 Å². The Morgan fingerprint density at radius 3 is 2.67 bits per heavy atom. The van der Waals surface area contributed by atoms with Gasteiger partial charge in [0.25, 0.3) is 0 Å². The SMILES string of the molecule is CONCc1cc(C(C)C)cc(Cl)c1O. The van der Waals surface area contributed by atoms with Gasteiger partial charge in [0.1, 0.15) is 5.75 Å². The van der Waals surface area contributed by atoms with E-state index in [-0.39, 0.29) is 5.75 Å². The van der Waals surface area contributed by atoms with Crippen molar-refractivity contribution < 1.29 is 9.94 Å². The Kier molecular flexibility index (Phi) is 4.39. The van der Waals surface area contributed by atoms with Crippen LogP contribution in [0.5, 0.6) is 5.75 Å². The molecule has 0 spiro atoms. The maximum Gasteiger partial charge on any atom is 0.138 e. The molecule has 0 aliphatic rings. The van der Waals surface area contributed by atoms with Crippen LogP contribution in [0.2, 0.25) is 5.02 Å². The number of rotatable bonds is 4. The molecule has 0 radical (unpaired) electrons. The van der Waals surface area contributed by atoms with Crippen LogP contribution >= 0.6 is 11.6 Å². The molecule has 0 aliphatic carbocycles. The van der Waals surface area contributed by atoms with Gasteiger partial charge in [-0.3, -0.25) is 0 Å². The van der Waals surface area contributed by atoms with Crippen molar-refractivity contribution in [3.8, 4) is 5.75 Å². The third kappa shape index (κ3) is 3.09. The largest absolute Gasteiger partial charge is 0.506 e. The van der Waals surface area contributed by atoms with Crippen LogP contribution in [0.4, 0.5) is 0 Å². The third-order valence-electron chi connectivity index (χ3n) is 2.24. The lowest BCUT2D eigenvalue weighted by Gasteiger charge is -2.12. The Balaban J connectivity index is 3.02. The van der Waals surface area contributed by atoms with Gasteiger partial charge in [0.2, 0.25) is 0 Å². The topological polar surface area (TPSA) is 41.5 Å². The quantitative estimate of drug-likeness (QED) is 0.781. The van der Waals surface area contributed by atoms with Gasteiger partial charge in [-0.25, -0.2) is 0 Å². The number of hydrogen-bond donors (Lipinski definition) is 2. The second-order valence-corrected chi connectivity index (χ2v) is 4.10. The Morgan fingerprint density at radius 2 is 2.13 bits per heavy atom. The summed E-state index contributed by atoms with van der Waals surface area (Å²) in [5.74, 6) is 0.495. The summed E-state index contributed by atoms with van der Waals surface area (Å²) in [5, 5.41) is 10.1. The maximum atomic E-state index is 9.70. The number of hydrogen-bond acceptors (Lipinski definition) is 3. The molecule has 4 heteroatoms. The van der Waals surface area contributed by atoms with E-state index in [4.69, 9.17) is 16.4 Å². The molecule has 0 saturated heterocycles. The first-order chi connectivity index (χ1) is 7.06. The molecule has 2 N–H and O–H groups in total. The lowest BCUT2D eigenvalue weighted by molar-refractivity contribution is 0.0861. The lowest BCUT2D eigenvalue weighted by atomic mass is 10.0. The van der Waals surface area contributed by atoms with Crippen molar-refractivity contribution in [2.45, 2.75) is 26.3 Å². The van der Waals surface area contributed by atoms with Crippen molar-refractivity contribution in [2.24, 2.45) is 0 Å². The molecule has 1 aromatic carbocycles. The lowest BCUT2D eigenvalue weighted by Crippen LogP contribution is -2.11. The summed E-state index contributed by atoms with van der Waals surface area (Å²) in [5.41, 5.74) is 4.53. The molecule has 0 aromatic heterocycles. The smallest absolute Gasteiger partial charge is 0.138 e. The summed E-state index contributed by atoms with van der Waals surface area (Å²) in [7, 11) is 1.53. The Morgan fingerprint density at radius 1 is 1.47 bits per heavy atom. The van der Waals surface area contributed by atoms with Gasteiger partial charge in [0.05, 0.1) is 12.1 Å². The summed E-state index contributed by atoms with van der Waals surface area (Å²) in [6.07, 6.45) is 0. The minimum atomic E-state index is 0.116. The molecule has 0 bridgehead atoms. The molecule has 3 nitrogen and oxygen atoms in total. The highest BCUT2D eigenvalue weighted by molar-refractivity contribution is 6.32. The zero-order valence-corrected chi connectivity index (χ0v) is 9.93. The van der Waals surface area contributed by atoms with Gasteiger partial charge in [-0.05, 0) is 17.5 Å². The van der Waals surface area contributed by atoms with E-state index in [0.717, 1.165) is 11.1 Å². The summed E-state index contributed by atoms with van der Waals surface area (Å²) < 4.78 is 0. The van der Waals surface area contributed by atoms with Crippen LogP contribution < -0.4 is 5.48 Å². The molecule has 1 aromatic rings. The number of hydroxylamine groups is 1. The zero-order chi connectivity index (χ0) is 11.4. The minimum Gasteiger partial charge on any atom is -0.506 e. The van der Waals surface area contributed by atoms with Crippen molar-refractivity contribution >= 4 is 11.6 Å². The van der Waals surface area contributed by atoms with Gasteiger partial charge in [-0.15, -0.1) is 0 Å². The van der Waals surface area contributed by atoms with Gasteiger partial charge in [-0.2, -0.15) is 5.48 Å². The molecule has 0 heterocycles. The monoisotopic (exact) mass is 229 g/mol. The first-order valence-electron chi connectivity index (χ1n) is 4.83. The highest BCUT2D eigenvalue weighted by atomic mass is 35.5. The Hall–Kier alpha value is -0.770. The summed E-state index contributed by atoms with van der Waals surface area (Å²) in [6, 6.07) is 3.72. The summed E-state index contributed by atoms with van der Waals surface area (Å²) in [6.45, 7) is 4.59. The minimum absolute atomic E-state index is 0.116. The molecular weight excluding hydrogens is 214 g/mol. The van der Waals surface area contributed by atoms with Crippen LogP contribution in [0.3, 0.4) is 0 Å². The number of phenols is 1. The molecule has 0 amide bonds. The van der Waals surface area contributed by atoms with Crippen molar-refractivity contribution in [1.82, 2.24) is 5.48 Å². The number of benzene rings is 1. The fraction of sp³-hybridized carbons (Fsp3) is 0.455. The molecule has 0 saturated carbocycles. The highest BCUT2D eigenvalue weighted by Crippen LogP contribution is 2.31. The molecule has 0 unspecified atom stereocenters. The molecule has 0 fully saturated rings. The van der Waals surface area contributed by atoms with Crippen molar-refractivity contribution in [3.05, 3.63) is 28.3 Å². The average molecular weight is 230 g/mol. The molecule has 0 atom stereocenters. The number of halogens is 1. The first kappa shape index (κ1) is 12.3. The fourth-order valence-electron chi connectivity index (χ4n) is 1.30. The maximum absolute atomic E-state index is 9.70.